The van der Waals surface area contributed by atoms with Crippen molar-refractivity contribution in [1.29, 1.82) is 0 Å². The van der Waals surface area contributed by atoms with Gasteiger partial charge in [-0.05, 0) is 177 Å². The Bertz CT molecular complexity index is 6330. The Balaban J connectivity index is 0.675. The largest absolute Gasteiger partial charge is 0.456 e. The average Bonchev–Trinajstić information content (AvgIpc) is 1.16. The molecule has 88 heavy (non-hydrogen) atoms. The van der Waals surface area contributed by atoms with Gasteiger partial charge in [0.1, 0.15) is 44.7 Å². The molecule has 20 rings (SSSR count). The van der Waals surface area contributed by atoms with Crippen molar-refractivity contribution >= 4 is 152 Å². The molecule has 4 nitrogen and oxygen atoms in total. The summed E-state index contributed by atoms with van der Waals surface area (Å²) in [7, 11) is 0. The van der Waals surface area contributed by atoms with Crippen LogP contribution in [0.5, 0.6) is 0 Å². The van der Waals surface area contributed by atoms with Crippen LogP contribution in [-0.2, 0) is 0 Å². The van der Waals surface area contributed by atoms with Crippen LogP contribution in [0.3, 0.4) is 0 Å². The molecule has 0 saturated heterocycles. The number of hydrogen-bond donors (Lipinski definition) is 0. The van der Waals surface area contributed by atoms with Crippen molar-refractivity contribution in [2.75, 3.05) is 0 Å². The maximum atomic E-state index is 6.99. The predicted octanol–water partition coefficient (Wildman–Crippen LogP) is 24.5. The molecule has 0 atom stereocenters. The van der Waals surface area contributed by atoms with E-state index in [-0.39, 0.29) is 0 Å². The summed E-state index contributed by atoms with van der Waals surface area (Å²) in [6, 6.07) is 101. The smallest absolute Gasteiger partial charge is 0.143 e. The molecule has 0 saturated carbocycles. The summed E-state index contributed by atoms with van der Waals surface area (Å²) in [6.45, 7) is 0. The molecule has 20 aromatic rings. The SMILES string of the molecule is c1ccc2c(c1)ccc1c3ccc(-c4c5ccccc5c(-c5cccc6c5oc5ccc(-c7ccc8c(ccc9c%10ccc(-c%11c%12ccccc%12c(-c%12ccc%13c(c%12)oc%12ccccc%12%13)c%12ccccc%11%12)cc%10oc89)c7)cc56)c5ccccc45)cc3oc21. The minimum Gasteiger partial charge on any atom is -0.456 e. The standard InChI is InChI=1S/C84H46O4/c1-2-15-54-47(14-1)28-39-69-58-37-33-53(46-76(58)87-82(54)69)80-64-21-7-9-23-66(64)81(67-24-10-8-22-65(67)80)71-26-13-25-68-72-43-49(34-41-74(72)86-84(68)71)48-29-35-55-50(42-48)30-40-70-59-38-32-52(45-77(59)88-83(55)70)79-62-19-5-3-17-60(62)78(61-18-4-6-20-63(61)79)51-31-36-57-56-16-11-12-27-73(56)85-75(57)44-51/h1-46H. The van der Waals surface area contributed by atoms with Crippen molar-refractivity contribution in [3.8, 4) is 55.6 Å². The lowest BCUT2D eigenvalue weighted by Crippen LogP contribution is -1.91. The van der Waals surface area contributed by atoms with E-state index in [1.165, 1.54) is 54.4 Å². The molecule has 0 aliphatic heterocycles. The molecular formula is C84H46O4. The van der Waals surface area contributed by atoms with Gasteiger partial charge in [0.15, 0.2) is 0 Å². The third kappa shape index (κ3) is 6.74. The Morgan fingerprint density at radius 3 is 1.08 bits per heavy atom. The van der Waals surface area contributed by atoms with Crippen LogP contribution in [0.25, 0.3) is 208 Å². The van der Waals surface area contributed by atoms with Crippen LogP contribution in [-0.4, -0.2) is 0 Å². The first-order chi connectivity index (χ1) is 43.6. The first kappa shape index (κ1) is 47.6. The third-order valence-corrected chi connectivity index (χ3v) is 19.0. The molecule has 4 heteroatoms. The normalized spacial score (nSPS) is 12.3. The van der Waals surface area contributed by atoms with Gasteiger partial charge in [0.2, 0.25) is 0 Å². The van der Waals surface area contributed by atoms with E-state index >= 15 is 0 Å². The van der Waals surface area contributed by atoms with Gasteiger partial charge in [-0.1, -0.05) is 200 Å². The van der Waals surface area contributed by atoms with Gasteiger partial charge in [0.25, 0.3) is 0 Å². The van der Waals surface area contributed by atoms with Gasteiger partial charge in [0.05, 0.1) is 0 Å². The Morgan fingerprint density at radius 1 is 0.159 bits per heavy atom. The lowest BCUT2D eigenvalue weighted by molar-refractivity contribution is 0.669. The molecule has 0 bridgehead atoms. The van der Waals surface area contributed by atoms with Crippen LogP contribution in [0.1, 0.15) is 0 Å². The summed E-state index contributed by atoms with van der Waals surface area (Å²) < 4.78 is 27.1. The molecule has 0 aliphatic rings. The molecule has 406 valence electrons. The van der Waals surface area contributed by atoms with Crippen LogP contribution in [0.2, 0.25) is 0 Å². The summed E-state index contributed by atoms with van der Waals surface area (Å²) in [6.07, 6.45) is 0. The number of rotatable bonds is 5. The van der Waals surface area contributed by atoms with E-state index in [1.807, 2.05) is 12.1 Å². The maximum absolute atomic E-state index is 6.99. The number of benzene rings is 16. The van der Waals surface area contributed by atoms with Crippen molar-refractivity contribution in [3.05, 3.63) is 279 Å². The zero-order valence-corrected chi connectivity index (χ0v) is 47.2. The zero-order valence-electron chi connectivity index (χ0n) is 47.2. The Kier molecular flexibility index (Phi) is 9.69. The van der Waals surface area contributed by atoms with Crippen molar-refractivity contribution in [3.63, 3.8) is 0 Å². The van der Waals surface area contributed by atoms with Gasteiger partial charge < -0.3 is 17.7 Å². The molecule has 0 aliphatic carbocycles. The van der Waals surface area contributed by atoms with E-state index in [0.29, 0.717) is 0 Å². The lowest BCUT2D eigenvalue weighted by atomic mass is 9.85. The van der Waals surface area contributed by atoms with Crippen molar-refractivity contribution in [2.24, 2.45) is 0 Å². The highest BCUT2D eigenvalue weighted by molar-refractivity contribution is 6.27. The fraction of sp³-hybridized carbons (Fsp3) is 0. The number of furan rings is 4. The quantitative estimate of drug-likeness (QED) is 0.161. The fourth-order valence-corrected chi connectivity index (χ4v) is 15.1. The van der Waals surface area contributed by atoms with Gasteiger partial charge >= 0.3 is 0 Å². The highest BCUT2D eigenvalue weighted by atomic mass is 16.3. The highest BCUT2D eigenvalue weighted by Crippen LogP contribution is 2.50. The molecule has 0 unspecified atom stereocenters. The Labute approximate surface area is 501 Å². The summed E-state index contributed by atoms with van der Waals surface area (Å²) in [5, 5.41) is 22.8. The van der Waals surface area contributed by atoms with E-state index in [1.54, 1.807) is 0 Å². The van der Waals surface area contributed by atoms with E-state index in [0.717, 1.165) is 154 Å². The van der Waals surface area contributed by atoms with E-state index in [4.69, 9.17) is 17.7 Å². The topological polar surface area (TPSA) is 52.6 Å². The molecular weight excluding hydrogens is 1070 g/mol. The van der Waals surface area contributed by atoms with Gasteiger partial charge in [0, 0.05) is 65.0 Å². The van der Waals surface area contributed by atoms with Gasteiger partial charge in [-0.15, -0.1) is 0 Å². The van der Waals surface area contributed by atoms with Crippen LogP contribution < -0.4 is 0 Å². The van der Waals surface area contributed by atoms with Crippen LogP contribution >= 0.6 is 0 Å². The van der Waals surface area contributed by atoms with Gasteiger partial charge in [-0.2, -0.15) is 0 Å². The highest BCUT2D eigenvalue weighted by Gasteiger charge is 2.24. The molecule has 0 spiro atoms. The minimum atomic E-state index is 0.852. The van der Waals surface area contributed by atoms with Crippen LogP contribution in [0.15, 0.2) is 297 Å². The van der Waals surface area contributed by atoms with Crippen LogP contribution in [0.4, 0.5) is 0 Å². The summed E-state index contributed by atoms with van der Waals surface area (Å²) in [5.74, 6) is 0. The number of fused-ring (bicyclic) bond motifs is 20. The monoisotopic (exact) mass is 1120 g/mol. The Hall–Kier alpha value is -11.7. The molecule has 4 aromatic heterocycles. The van der Waals surface area contributed by atoms with Gasteiger partial charge in [-0.25, -0.2) is 0 Å². The molecule has 0 N–H and O–H groups in total. The number of para-hydroxylation sites is 2. The second-order valence-electron chi connectivity index (χ2n) is 23.7. The van der Waals surface area contributed by atoms with Crippen LogP contribution in [0, 0.1) is 0 Å². The minimum absolute atomic E-state index is 0.852. The first-order valence-corrected chi connectivity index (χ1v) is 30.1. The molecule has 4 heterocycles. The Morgan fingerprint density at radius 2 is 0.511 bits per heavy atom. The predicted molar refractivity (Wildman–Crippen MR) is 368 cm³/mol. The summed E-state index contributed by atoms with van der Waals surface area (Å²) in [5.41, 5.74) is 18.5. The van der Waals surface area contributed by atoms with Gasteiger partial charge in [-0.3, -0.25) is 0 Å². The second kappa shape index (κ2) is 17.9. The number of hydrogen-bond acceptors (Lipinski definition) is 4. The maximum Gasteiger partial charge on any atom is 0.143 e. The van der Waals surface area contributed by atoms with E-state index in [9.17, 15) is 0 Å². The molecule has 0 radical (unpaired) electrons. The molecule has 0 fully saturated rings. The average molecular weight is 1120 g/mol. The lowest BCUT2D eigenvalue weighted by Gasteiger charge is -2.17. The van der Waals surface area contributed by atoms with Crippen molar-refractivity contribution < 1.29 is 17.7 Å². The third-order valence-electron chi connectivity index (χ3n) is 19.0. The summed E-state index contributed by atoms with van der Waals surface area (Å²) in [4.78, 5) is 0. The van der Waals surface area contributed by atoms with Crippen molar-refractivity contribution in [1.82, 2.24) is 0 Å². The fourth-order valence-electron chi connectivity index (χ4n) is 15.1. The first-order valence-electron chi connectivity index (χ1n) is 30.1. The molecule has 16 aromatic carbocycles. The molecule has 0 amide bonds. The van der Waals surface area contributed by atoms with Crippen molar-refractivity contribution in [2.45, 2.75) is 0 Å². The van der Waals surface area contributed by atoms with E-state index in [2.05, 4.69) is 267 Å². The summed E-state index contributed by atoms with van der Waals surface area (Å²) >= 11 is 0. The van der Waals surface area contributed by atoms with E-state index < -0.39 is 0 Å². The second-order valence-corrected chi connectivity index (χ2v) is 23.7. The zero-order chi connectivity index (χ0) is 57.3.